The maximum absolute atomic E-state index is 12.4. The van der Waals surface area contributed by atoms with Crippen LogP contribution in [-0.4, -0.2) is 37.4 Å². The van der Waals surface area contributed by atoms with Crippen LogP contribution in [0.15, 0.2) is 78.9 Å². The number of nitrogens with one attached hydrogen (secondary N) is 2. The lowest BCUT2D eigenvalue weighted by Gasteiger charge is -2.13. The van der Waals surface area contributed by atoms with E-state index < -0.39 is 0 Å². The molecule has 0 aliphatic heterocycles. The van der Waals surface area contributed by atoms with Gasteiger partial charge in [0, 0.05) is 26.2 Å². The number of carbonyl (C=O) groups excluding carboxylic acids is 2. The minimum Gasteiger partial charge on any atom is -0.487 e. The number of benzene rings is 3. The smallest absolute Gasteiger partial charge is 0.243 e. The monoisotopic (exact) mass is 431 g/mol. The van der Waals surface area contributed by atoms with E-state index in [1.807, 2.05) is 78.9 Å². The summed E-state index contributed by atoms with van der Waals surface area (Å²) in [6.07, 6.45) is 1.14. The number of aryl methyl sites for hydroxylation is 1. The first-order valence-corrected chi connectivity index (χ1v) is 10.6. The van der Waals surface area contributed by atoms with E-state index >= 15 is 0 Å². The second-order valence-electron chi connectivity index (χ2n) is 7.66. The molecule has 6 nitrogen and oxygen atoms in total. The van der Waals surface area contributed by atoms with Crippen molar-refractivity contribution in [2.24, 2.45) is 0 Å². The lowest BCUT2D eigenvalue weighted by Crippen LogP contribution is -2.22. The van der Waals surface area contributed by atoms with Crippen LogP contribution in [0.25, 0.3) is 0 Å². The first-order valence-electron chi connectivity index (χ1n) is 10.6. The van der Waals surface area contributed by atoms with Crippen molar-refractivity contribution in [3.8, 4) is 5.75 Å². The van der Waals surface area contributed by atoms with Crippen molar-refractivity contribution < 1.29 is 14.3 Å². The highest BCUT2D eigenvalue weighted by Gasteiger charge is 2.08. The van der Waals surface area contributed by atoms with Gasteiger partial charge in [-0.25, -0.2) is 0 Å². The first-order chi connectivity index (χ1) is 15.5. The molecular formula is C26H29N3O3. The van der Waals surface area contributed by atoms with Gasteiger partial charge in [0.2, 0.25) is 11.8 Å². The molecule has 3 rings (SSSR count). The molecule has 0 spiro atoms. The van der Waals surface area contributed by atoms with E-state index in [1.165, 1.54) is 0 Å². The predicted octanol–water partition coefficient (Wildman–Crippen LogP) is 4.34. The average Bonchev–Trinajstić information content (AvgIpc) is 2.82. The fourth-order valence-corrected chi connectivity index (χ4v) is 3.08. The van der Waals surface area contributed by atoms with Crippen molar-refractivity contribution in [2.75, 3.05) is 31.3 Å². The average molecular weight is 432 g/mol. The highest BCUT2D eigenvalue weighted by atomic mass is 16.5. The summed E-state index contributed by atoms with van der Waals surface area (Å²) in [7, 11) is 3.51. The van der Waals surface area contributed by atoms with Gasteiger partial charge in [-0.15, -0.1) is 0 Å². The molecule has 0 atom stereocenters. The Morgan fingerprint density at radius 3 is 2.25 bits per heavy atom. The van der Waals surface area contributed by atoms with Gasteiger partial charge < -0.3 is 20.3 Å². The molecule has 0 saturated heterocycles. The lowest BCUT2D eigenvalue weighted by molar-refractivity contribution is -0.128. The van der Waals surface area contributed by atoms with E-state index in [-0.39, 0.29) is 18.4 Å². The van der Waals surface area contributed by atoms with Gasteiger partial charge in [-0.05, 0) is 41.8 Å². The molecule has 2 N–H and O–H groups in total. The quantitative estimate of drug-likeness (QED) is 0.501. The summed E-state index contributed by atoms with van der Waals surface area (Å²) in [4.78, 5) is 25.7. The Morgan fingerprint density at radius 1 is 0.844 bits per heavy atom. The maximum atomic E-state index is 12.4. The fourth-order valence-electron chi connectivity index (χ4n) is 3.08. The molecule has 0 fully saturated rings. The largest absolute Gasteiger partial charge is 0.487 e. The third-order valence-electron chi connectivity index (χ3n) is 4.93. The number of ether oxygens (including phenoxy) is 1. The Hall–Kier alpha value is -3.80. The van der Waals surface area contributed by atoms with Gasteiger partial charge in [0.15, 0.2) is 0 Å². The van der Waals surface area contributed by atoms with Crippen LogP contribution in [0.4, 0.5) is 11.4 Å². The van der Waals surface area contributed by atoms with Crippen molar-refractivity contribution in [3.63, 3.8) is 0 Å². The molecule has 32 heavy (non-hydrogen) atoms. The van der Waals surface area contributed by atoms with Gasteiger partial charge >= 0.3 is 0 Å². The molecule has 6 heteroatoms. The van der Waals surface area contributed by atoms with Crippen molar-refractivity contribution in [3.05, 3.63) is 90.0 Å². The van der Waals surface area contributed by atoms with Gasteiger partial charge in [0.25, 0.3) is 0 Å². The van der Waals surface area contributed by atoms with E-state index in [1.54, 1.807) is 19.0 Å². The van der Waals surface area contributed by atoms with Crippen LogP contribution in [0.3, 0.4) is 0 Å². The third-order valence-corrected chi connectivity index (χ3v) is 4.93. The molecule has 0 aliphatic rings. The molecule has 0 saturated carbocycles. The van der Waals surface area contributed by atoms with Crippen LogP contribution in [0, 0.1) is 0 Å². The van der Waals surface area contributed by atoms with E-state index in [2.05, 4.69) is 10.6 Å². The van der Waals surface area contributed by atoms with Crippen LogP contribution in [-0.2, 0) is 22.6 Å². The third kappa shape index (κ3) is 7.16. The number of hydrogen-bond acceptors (Lipinski definition) is 4. The van der Waals surface area contributed by atoms with Crippen LogP contribution < -0.4 is 15.4 Å². The molecule has 166 valence electrons. The first kappa shape index (κ1) is 22.9. The SMILES string of the molecule is CN(C)C(=O)CCc1ccc(NC(=O)CNc2ccccc2OCc2ccccc2)cc1. The number of amides is 2. The highest BCUT2D eigenvalue weighted by molar-refractivity contribution is 5.94. The second-order valence-corrected chi connectivity index (χ2v) is 7.66. The zero-order valence-electron chi connectivity index (χ0n) is 18.5. The summed E-state index contributed by atoms with van der Waals surface area (Å²) < 4.78 is 5.92. The molecule has 3 aromatic carbocycles. The Labute approximate surface area is 189 Å². The zero-order valence-corrected chi connectivity index (χ0v) is 18.5. The van der Waals surface area contributed by atoms with Crippen LogP contribution >= 0.6 is 0 Å². The van der Waals surface area contributed by atoms with E-state index in [0.717, 1.165) is 16.8 Å². The van der Waals surface area contributed by atoms with Crippen molar-refractivity contribution in [2.45, 2.75) is 19.4 Å². The standard InChI is InChI=1S/C26H29N3O3/c1-29(2)26(31)17-14-20-12-15-22(16-13-20)28-25(30)18-27-23-10-6-7-11-24(23)32-19-21-8-4-3-5-9-21/h3-13,15-16,27H,14,17-19H2,1-2H3,(H,28,30). The number of nitrogens with zero attached hydrogens (tertiary/aromatic N) is 1. The Balaban J connectivity index is 1.48. The summed E-state index contributed by atoms with van der Waals surface area (Å²) >= 11 is 0. The molecular weight excluding hydrogens is 402 g/mol. The molecule has 0 heterocycles. The van der Waals surface area contributed by atoms with E-state index in [4.69, 9.17) is 4.74 Å². The van der Waals surface area contributed by atoms with Gasteiger partial charge in [0.05, 0.1) is 12.2 Å². The summed E-state index contributed by atoms with van der Waals surface area (Å²) in [6.45, 7) is 0.572. The van der Waals surface area contributed by atoms with Gasteiger partial charge in [-0.1, -0.05) is 54.6 Å². The Bertz CT molecular complexity index is 1020. The Morgan fingerprint density at radius 2 is 1.53 bits per heavy atom. The van der Waals surface area contributed by atoms with Gasteiger partial charge in [-0.3, -0.25) is 9.59 Å². The Kier molecular flexibility index (Phi) is 8.26. The van der Waals surface area contributed by atoms with Crippen LogP contribution in [0.1, 0.15) is 17.5 Å². The van der Waals surface area contributed by atoms with E-state index in [0.29, 0.717) is 30.9 Å². The second kappa shape index (κ2) is 11.6. The molecule has 0 radical (unpaired) electrons. The summed E-state index contributed by atoms with van der Waals surface area (Å²) in [6, 6.07) is 25.1. The summed E-state index contributed by atoms with van der Waals surface area (Å²) in [5, 5.41) is 6.03. The minimum atomic E-state index is -0.154. The number of anilines is 2. The molecule has 0 aromatic heterocycles. The maximum Gasteiger partial charge on any atom is 0.243 e. The van der Waals surface area contributed by atoms with Gasteiger partial charge in [0.1, 0.15) is 12.4 Å². The molecule has 2 amide bonds. The topological polar surface area (TPSA) is 70.7 Å². The summed E-state index contributed by atoms with van der Waals surface area (Å²) in [5.41, 5.74) is 3.61. The van der Waals surface area contributed by atoms with Crippen LogP contribution in [0.2, 0.25) is 0 Å². The van der Waals surface area contributed by atoms with E-state index in [9.17, 15) is 9.59 Å². The zero-order chi connectivity index (χ0) is 22.8. The highest BCUT2D eigenvalue weighted by Crippen LogP contribution is 2.24. The van der Waals surface area contributed by atoms with Crippen molar-refractivity contribution >= 4 is 23.2 Å². The molecule has 0 aliphatic carbocycles. The fraction of sp³-hybridized carbons (Fsp3) is 0.231. The summed E-state index contributed by atoms with van der Waals surface area (Å²) in [5.74, 6) is 0.639. The predicted molar refractivity (Wildman–Crippen MR) is 128 cm³/mol. The number of carbonyl (C=O) groups is 2. The molecule has 0 bridgehead atoms. The number of rotatable bonds is 10. The molecule has 3 aromatic rings. The van der Waals surface area contributed by atoms with Crippen molar-refractivity contribution in [1.82, 2.24) is 4.90 Å². The molecule has 0 unspecified atom stereocenters. The van der Waals surface area contributed by atoms with Crippen LogP contribution in [0.5, 0.6) is 5.75 Å². The lowest BCUT2D eigenvalue weighted by atomic mass is 10.1. The van der Waals surface area contributed by atoms with Gasteiger partial charge in [-0.2, -0.15) is 0 Å². The number of hydrogen-bond donors (Lipinski definition) is 2. The minimum absolute atomic E-state index is 0.0986. The number of para-hydroxylation sites is 2. The van der Waals surface area contributed by atoms with Crippen molar-refractivity contribution in [1.29, 1.82) is 0 Å². The normalized spacial score (nSPS) is 10.3.